The van der Waals surface area contributed by atoms with E-state index >= 15 is 0 Å². The lowest BCUT2D eigenvalue weighted by molar-refractivity contribution is 0.0628. The van der Waals surface area contributed by atoms with Gasteiger partial charge in [-0.25, -0.2) is 0 Å². The number of ether oxygens (including phenoxy) is 1. The summed E-state index contributed by atoms with van der Waals surface area (Å²) in [4.78, 5) is 17.0. The Bertz CT molecular complexity index is 759. The van der Waals surface area contributed by atoms with Gasteiger partial charge in [0.2, 0.25) is 0 Å². The van der Waals surface area contributed by atoms with E-state index in [1.54, 1.807) is 0 Å². The smallest absolute Gasteiger partial charge is 0.253 e. The molecule has 2 aromatic rings. The highest BCUT2D eigenvalue weighted by Gasteiger charge is 2.23. The van der Waals surface area contributed by atoms with Crippen molar-refractivity contribution in [3.8, 4) is 5.75 Å². The van der Waals surface area contributed by atoms with Gasteiger partial charge >= 0.3 is 0 Å². The van der Waals surface area contributed by atoms with Gasteiger partial charge in [0.25, 0.3) is 5.91 Å². The molecule has 1 aromatic heterocycles. The van der Waals surface area contributed by atoms with Crippen LogP contribution in [-0.4, -0.2) is 58.3 Å². The van der Waals surface area contributed by atoms with E-state index in [0.29, 0.717) is 6.61 Å². The molecule has 0 spiro atoms. The molecule has 1 aliphatic rings. The van der Waals surface area contributed by atoms with E-state index in [2.05, 4.69) is 23.8 Å². The molecular weight excluding hydrogens is 328 g/mol. The Kier molecular flexibility index (Phi) is 5.61. The monoisotopic (exact) mass is 356 g/mol. The maximum Gasteiger partial charge on any atom is 0.253 e. The van der Waals surface area contributed by atoms with Crippen molar-refractivity contribution >= 4 is 5.91 Å². The van der Waals surface area contributed by atoms with Crippen LogP contribution in [0.15, 0.2) is 24.3 Å². The van der Waals surface area contributed by atoms with Crippen molar-refractivity contribution in [2.24, 2.45) is 7.05 Å². The van der Waals surface area contributed by atoms with Gasteiger partial charge in [0, 0.05) is 56.6 Å². The van der Waals surface area contributed by atoms with Crippen LogP contribution >= 0.6 is 0 Å². The van der Waals surface area contributed by atoms with Crippen molar-refractivity contribution in [3.63, 3.8) is 0 Å². The molecule has 6 heteroatoms. The van der Waals surface area contributed by atoms with Crippen LogP contribution in [0.3, 0.4) is 0 Å². The molecule has 0 unspecified atom stereocenters. The van der Waals surface area contributed by atoms with Gasteiger partial charge in [0.15, 0.2) is 0 Å². The first kappa shape index (κ1) is 18.5. The van der Waals surface area contributed by atoms with Crippen LogP contribution in [0.4, 0.5) is 0 Å². The molecule has 1 fully saturated rings. The average molecular weight is 356 g/mol. The first-order valence-electron chi connectivity index (χ1n) is 9.23. The van der Waals surface area contributed by atoms with Gasteiger partial charge < -0.3 is 9.64 Å². The summed E-state index contributed by atoms with van der Waals surface area (Å²) in [6, 6.07) is 7.42. The number of hydrogen-bond acceptors (Lipinski definition) is 4. The highest BCUT2D eigenvalue weighted by atomic mass is 16.5. The van der Waals surface area contributed by atoms with Gasteiger partial charge in [-0.1, -0.05) is 0 Å². The number of amides is 1. The summed E-state index contributed by atoms with van der Waals surface area (Å²) in [6.45, 7) is 10.9. The molecule has 1 aromatic carbocycles. The first-order chi connectivity index (χ1) is 12.5. The summed E-state index contributed by atoms with van der Waals surface area (Å²) in [7, 11) is 1.99. The van der Waals surface area contributed by atoms with Gasteiger partial charge in [-0.15, -0.1) is 0 Å². The fraction of sp³-hybridized carbons (Fsp3) is 0.500. The zero-order valence-electron chi connectivity index (χ0n) is 16.2. The Labute approximate surface area is 155 Å². The summed E-state index contributed by atoms with van der Waals surface area (Å²) in [5.41, 5.74) is 4.34. The molecule has 26 heavy (non-hydrogen) atoms. The molecule has 2 heterocycles. The molecule has 1 amide bonds. The minimum atomic E-state index is 0.0986. The van der Waals surface area contributed by atoms with Crippen molar-refractivity contribution in [2.75, 3.05) is 32.8 Å². The number of rotatable bonds is 5. The first-order valence-corrected chi connectivity index (χ1v) is 9.23. The van der Waals surface area contributed by atoms with Crippen molar-refractivity contribution < 1.29 is 9.53 Å². The molecule has 6 nitrogen and oxygen atoms in total. The van der Waals surface area contributed by atoms with E-state index in [1.165, 1.54) is 11.3 Å². The molecule has 0 N–H and O–H groups in total. The zero-order chi connectivity index (χ0) is 18.7. The Morgan fingerprint density at radius 3 is 2.31 bits per heavy atom. The molecule has 0 saturated carbocycles. The SMILES string of the molecule is CCOc1ccc(C(=O)N2CCN(Cc3c(C)nn(C)c3C)CC2)cc1. The summed E-state index contributed by atoms with van der Waals surface area (Å²) < 4.78 is 7.38. The lowest BCUT2D eigenvalue weighted by atomic mass is 10.1. The number of aromatic nitrogens is 2. The summed E-state index contributed by atoms with van der Waals surface area (Å²) in [5, 5.41) is 4.49. The van der Waals surface area contributed by atoms with Crippen molar-refractivity contribution in [1.82, 2.24) is 19.6 Å². The molecule has 3 rings (SSSR count). The maximum atomic E-state index is 12.7. The summed E-state index contributed by atoms with van der Waals surface area (Å²) in [5.74, 6) is 0.900. The molecule has 0 aliphatic carbocycles. The predicted molar refractivity (Wildman–Crippen MR) is 101 cm³/mol. The third-order valence-electron chi connectivity index (χ3n) is 5.11. The number of carbonyl (C=O) groups is 1. The highest BCUT2D eigenvalue weighted by molar-refractivity contribution is 5.94. The average Bonchev–Trinajstić information content (AvgIpc) is 2.89. The van der Waals surface area contributed by atoms with Crippen molar-refractivity contribution in [2.45, 2.75) is 27.3 Å². The lowest BCUT2D eigenvalue weighted by Gasteiger charge is -2.34. The minimum Gasteiger partial charge on any atom is -0.494 e. The maximum absolute atomic E-state index is 12.7. The van der Waals surface area contributed by atoms with Gasteiger partial charge in [0.1, 0.15) is 5.75 Å². The number of aryl methyl sites for hydroxylation is 2. The highest BCUT2D eigenvalue weighted by Crippen LogP contribution is 2.18. The topological polar surface area (TPSA) is 50.6 Å². The van der Waals surface area contributed by atoms with Crippen LogP contribution in [0.1, 0.15) is 34.2 Å². The van der Waals surface area contributed by atoms with Crippen molar-refractivity contribution in [1.29, 1.82) is 0 Å². The number of nitrogens with zero attached hydrogens (tertiary/aromatic N) is 4. The minimum absolute atomic E-state index is 0.0986. The van der Waals surface area contributed by atoms with Crippen LogP contribution in [0.25, 0.3) is 0 Å². The largest absolute Gasteiger partial charge is 0.494 e. The Morgan fingerprint density at radius 1 is 1.12 bits per heavy atom. The normalized spacial score (nSPS) is 15.3. The van der Waals surface area contributed by atoms with E-state index in [-0.39, 0.29) is 5.91 Å². The Morgan fingerprint density at radius 2 is 1.77 bits per heavy atom. The molecule has 1 saturated heterocycles. The number of hydrogen-bond donors (Lipinski definition) is 0. The van der Waals surface area contributed by atoms with E-state index in [0.717, 1.165) is 49.7 Å². The van der Waals surface area contributed by atoms with Gasteiger partial charge in [-0.3, -0.25) is 14.4 Å². The number of carbonyl (C=O) groups excluding carboxylic acids is 1. The molecule has 0 atom stereocenters. The number of benzene rings is 1. The fourth-order valence-corrected chi connectivity index (χ4v) is 3.42. The van der Waals surface area contributed by atoms with E-state index in [9.17, 15) is 4.79 Å². The zero-order valence-corrected chi connectivity index (χ0v) is 16.2. The molecule has 0 bridgehead atoms. The van der Waals surface area contributed by atoms with Crippen LogP contribution in [0, 0.1) is 13.8 Å². The van der Waals surface area contributed by atoms with E-state index in [1.807, 2.05) is 47.8 Å². The van der Waals surface area contributed by atoms with Crippen LogP contribution < -0.4 is 4.74 Å². The lowest BCUT2D eigenvalue weighted by Crippen LogP contribution is -2.48. The molecule has 1 aliphatic heterocycles. The molecular formula is C20H28N4O2. The third-order valence-corrected chi connectivity index (χ3v) is 5.11. The number of piperazine rings is 1. The fourth-order valence-electron chi connectivity index (χ4n) is 3.42. The predicted octanol–water partition coefficient (Wildman–Crippen LogP) is 2.39. The van der Waals surface area contributed by atoms with Gasteiger partial charge in [0.05, 0.1) is 12.3 Å². The van der Waals surface area contributed by atoms with Gasteiger partial charge in [-0.05, 0) is 45.0 Å². The van der Waals surface area contributed by atoms with E-state index in [4.69, 9.17) is 4.74 Å². The molecule has 140 valence electrons. The Balaban J connectivity index is 1.56. The van der Waals surface area contributed by atoms with Crippen LogP contribution in [0.2, 0.25) is 0 Å². The standard InChI is InChI=1S/C20H28N4O2/c1-5-26-18-8-6-17(7-9-18)20(25)24-12-10-23(11-13-24)14-19-15(2)21-22(4)16(19)3/h6-9H,5,10-14H2,1-4H3. The van der Waals surface area contributed by atoms with Crippen molar-refractivity contribution in [3.05, 3.63) is 46.8 Å². The van der Waals surface area contributed by atoms with Crippen LogP contribution in [-0.2, 0) is 13.6 Å². The summed E-state index contributed by atoms with van der Waals surface area (Å²) >= 11 is 0. The third kappa shape index (κ3) is 3.90. The second-order valence-electron chi connectivity index (χ2n) is 6.80. The van der Waals surface area contributed by atoms with E-state index < -0.39 is 0 Å². The second kappa shape index (κ2) is 7.91. The second-order valence-corrected chi connectivity index (χ2v) is 6.80. The molecule has 0 radical (unpaired) electrons. The Hall–Kier alpha value is -2.34. The van der Waals surface area contributed by atoms with Gasteiger partial charge in [-0.2, -0.15) is 5.10 Å². The quantitative estimate of drug-likeness (QED) is 0.825. The van der Waals surface area contributed by atoms with Crippen LogP contribution in [0.5, 0.6) is 5.75 Å². The summed E-state index contributed by atoms with van der Waals surface area (Å²) in [6.07, 6.45) is 0.